The molecule has 1 aliphatic heterocycles. The number of amides is 3. The molecule has 1 saturated heterocycles. The lowest BCUT2D eigenvalue weighted by Crippen LogP contribution is -2.45. The van der Waals surface area contributed by atoms with Gasteiger partial charge in [-0.15, -0.1) is 0 Å². The van der Waals surface area contributed by atoms with Gasteiger partial charge in [0.1, 0.15) is 5.54 Å². The zero-order chi connectivity index (χ0) is 15.8. The average Bonchev–Trinajstić information content (AvgIpc) is 2.61. The molecule has 112 valence electrons. The van der Waals surface area contributed by atoms with Crippen molar-refractivity contribution >= 4 is 17.9 Å². The molecule has 1 unspecified atom stereocenters. The molecule has 1 aromatic rings. The summed E-state index contributed by atoms with van der Waals surface area (Å²) in [4.78, 5) is 34.3. The fourth-order valence-electron chi connectivity index (χ4n) is 2.39. The number of aromatic carboxylic acids is 1. The molecular weight excluding hydrogens is 274 g/mol. The predicted octanol–water partition coefficient (Wildman–Crippen LogP) is 0.810. The summed E-state index contributed by atoms with van der Waals surface area (Å²) in [6.45, 7) is 3.34. The number of carbonyl (C=O) groups excluding carboxylic acids is 2. The van der Waals surface area contributed by atoms with Crippen molar-refractivity contribution in [3.63, 3.8) is 0 Å². The van der Waals surface area contributed by atoms with E-state index in [2.05, 4.69) is 5.32 Å². The number of urea groups is 1. The molecule has 0 bridgehead atoms. The number of rotatable bonds is 4. The highest BCUT2D eigenvalue weighted by atomic mass is 16.4. The lowest BCUT2D eigenvalue weighted by molar-refractivity contribution is -0.131. The summed E-state index contributed by atoms with van der Waals surface area (Å²) >= 11 is 0. The van der Waals surface area contributed by atoms with Gasteiger partial charge in [-0.2, -0.15) is 5.01 Å². The van der Waals surface area contributed by atoms with E-state index in [1.807, 2.05) is 0 Å². The Balaban J connectivity index is 2.10. The van der Waals surface area contributed by atoms with Crippen LogP contribution in [-0.4, -0.2) is 33.6 Å². The molecule has 0 aliphatic carbocycles. The van der Waals surface area contributed by atoms with Crippen LogP contribution in [0.2, 0.25) is 0 Å². The zero-order valence-corrected chi connectivity index (χ0v) is 11.8. The first-order valence-corrected chi connectivity index (χ1v) is 6.49. The Morgan fingerprint density at radius 2 is 2.10 bits per heavy atom. The van der Waals surface area contributed by atoms with Gasteiger partial charge >= 0.3 is 12.0 Å². The standard InChI is InChI=1S/C14H17N3O4/c1-8-7-9(3-4-10(8)11(18)19)5-6-14(2)12(20)17(15)13(21)16-14/h3-4,7H,5-6,15H2,1-2H3,(H,16,21)(H,18,19). The van der Waals surface area contributed by atoms with Gasteiger partial charge in [0.15, 0.2) is 0 Å². The van der Waals surface area contributed by atoms with Gasteiger partial charge in [-0.05, 0) is 43.9 Å². The maximum Gasteiger partial charge on any atom is 0.339 e. The van der Waals surface area contributed by atoms with Crippen molar-refractivity contribution < 1.29 is 19.5 Å². The number of carboxylic acids is 1. The second-order valence-electron chi connectivity index (χ2n) is 5.39. The van der Waals surface area contributed by atoms with Gasteiger partial charge in [0.05, 0.1) is 5.56 Å². The van der Waals surface area contributed by atoms with Gasteiger partial charge < -0.3 is 10.4 Å². The summed E-state index contributed by atoms with van der Waals surface area (Å²) in [5.74, 6) is 3.91. The van der Waals surface area contributed by atoms with Crippen molar-refractivity contribution in [3.8, 4) is 0 Å². The lowest BCUT2D eigenvalue weighted by atomic mass is 9.92. The van der Waals surface area contributed by atoms with E-state index < -0.39 is 23.4 Å². The van der Waals surface area contributed by atoms with Crippen LogP contribution in [0, 0.1) is 6.92 Å². The fraction of sp³-hybridized carbons (Fsp3) is 0.357. The summed E-state index contributed by atoms with van der Waals surface area (Å²) in [6, 6.07) is 4.41. The van der Waals surface area contributed by atoms with Crippen LogP contribution in [0.25, 0.3) is 0 Å². The SMILES string of the molecule is Cc1cc(CCC2(C)NC(=O)N(N)C2=O)ccc1C(=O)O. The van der Waals surface area contributed by atoms with E-state index in [9.17, 15) is 14.4 Å². The number of hydrazine groups is 1. The summed E-state index contributed by atoms with van der Waals surface area (Å²) in [7, 11) is 0. The Bertz CT molecular complexity index is 629. The number of hydrogen-bond donors (Lipinski definition) is 3. The van der Waals surface area contributed by atoms with E-state index in [4.69, 9.17) is 10.9 Å². The Morgan fingerprint density at radius 3 is 2.57 bits per heavy atom. The van der Waals surface area contributed by atoms with E-state index in [1.54, 1.807) is 32.0 Å². The number of nitrogens with one attached hydrogen (secondary N) is 1. The van der Waals surface area contributed by atoms with Gasteiger partial charge in [0.25, 0.3) is 5.91 Å². The fourth-order valence-corrected chi connectivity index (χ4v) is 2.39. The summed E-state index contributed by atoms with van der Waals surface area (Å²) < 4.78 is 0. The number of hydrogen-bond acceptors (Lipinski definition) is 4. The average molecular weight is 291 g/mol. The maximum absolute atomic E-state index is 11.9. The molecule has 0 radical (unpaired) electrons. The summed E-state index contributed by atoms with van der Waals surface area (Å²) in [6.07, 6.45) is 0.911. The van der Waals surface area contributed by atoms with E-state index in [0.29, 0.717) is 23.4 Å². The highest BCUT2D eigenvalue weighted by Gasteiger charge is 2.46. The number of nitrogens with two attached hydrogens (primary N) is 1. The van der Waals surface area contributed by atoms with Crippen molar-refractivity contribution in [3.05, 3.63) is 34.9 Å². The van der Waals surface area contributed by atoms with Crippen molar-refractivity contribution in [2.24, 2.45) is 5.84 Å². The van der Waals surface area contributed by atoms with Crippen molar-refractivity contribution in [1.29, 1.82) is 0 Å². The molecule has 7 heteroatoms. The van der Waals surface area contributed by atoms with Crippen molar-refractivity contribution in [1.82, 2.24) is 10.3 Å². The molecule has 0 aromatic heterocycles. The quantitative estimate of drug-likeness (QED) is 0.431. The van der Waals surface area contributed by atoms with E-state index >= 15 is 0 Å². The molecule has 1 fully saturated rings. The Labute approximate surface area is 121 Å². The van der Waals surface area contributed by atoms with Gasteiger partial charge in [-0.1, -0.05) is 12.1 Å². The zero-order valence-electron chi connectivity index (χ0n) is 11.8. The normalized spacial score (nSPS) is 21.6. The molecule has 7 nitrogen and oxygen atoms in total. The van der Waals surface area contributed by atoms with Crippen molar-refractivity contribution in [2.75, 3.05) is 0 Å². The lowest BCUT2D eigenvalue weighted by Gasteiger charge is -2.20. The number of imide groups is 1. The van der Waals surface area contributed by atoms with Gasteiger partial charge in [-0.3, -0.25) is 4.79 Å². The smallest absolute Gasteiger partial charge is 0.339 e. The molecule has 1 aliphatic rings. The first kappa shape index (κ1) is 15.0. The first-order valence-electron chi connectivity index (χ1n) is 6.49. The van der Waals surface area contributed by atoms with Crippen LogP contribution in [0.4, 0.5) is 4.79 Å². The van der Waals surface area contributed by atoms with Crippen LogP contribution in [0.15, 0.2) is 18.2 Å². The summed E-state index contributed by atoms with van der Waals surface area (Å²) in [5, 5.41) is 12.1. The molecule has 4 N–H and O–H groups in total. The van der Waals surface area contributed by atoms with Gasteiger partial charge in [0, 0.05) is 0 Å². The third-order valence-corrected chi connectivity index (χ3v) is 3.73. The molecular formula is C14H17N3O4. The number of carboxylic acid groups (broad SMARTS) is 1. The van der Waals surface area contributed by atoms with Crippen LogP contribution in [0.3, 0.4) is 0 Å². The van der Waals surface area contributed by atoms with E-state index in [0.717, 1.165) is 5.56 Å². The molecule has 21 heavy (non-hydrogen) atoms. The predicted molar refractivity (Wildman–Crippen MR) is 74.4 cm³/mol. The minimum Gasteiger partial charge on any atom is -0.478 e. The van der Waals surface area contributed by atoms with Crippen LogP contribution in [0.1, 0.15) is 34.8 Å². The van der Waals surface area contributed by atoms with Crippen LogP contribution >= 0.6 is 0 Å². The third-order valence-electron chi connectivity index (χ3n) is 3.73. The topological polar surface area (TPSA) is 113 Å². The Kier molecular flexibility index (Phi) is 3.69. The number of benzene rings is 1. The highest BCUT2D eigenvalue weighted by Crippen LogP contribution is 2.22. The number of nitrogens with zero attached hydrogens (tertiary/aromatic N) is 1. The van der Waals surface area contributed by atoms with Gasteiger partial charge in [-0.25, -0.2) is 15.4 Å². The van der Waals surface area contributed by atoms with Crippen molar-refractivity contribution in [2.45, 2.75) is 32.2 Å². The number of carbonyl (C=O) groups is 3. The molecule has 3 amide bonds. The van der Waals surface area contributed by atoms with Gasteiger partial charge in [0.2, 0.25) is 0 Å². The maximum atomic E-state index is 11.9. The second kappa shape index (κ2) is 5.17. The molecule has 1 heterocycles. The molecule has 0 spiro atoms. The Hall–Kier alpha value is -2.41. The number of aryl methyl sites for hydroxylation is 2. The summed E-state index contributed by atoms with van der Waals surface area (Å²) in [5.41, 5.74) is 0.789. The molecule has 2 rings (SSSR count). The molecule has 0 saturated carbocycles. The monoisotopic (exact) mass is 291 g/mol. The first-order chi connectivity index (χ1) is 9.74. The minimum absolute atomic E-state index is 0.253. The van der Waals surface area contributed by atoms with E-state index in [1.165, 1.54) is 0 Å². The minimum atomic E-state index is -1.02. The van der Waals surface area contributed by atoms with Crippen LogP contribution in [0.5, 0.6) is 0 Å². The largest absolute Gasteiger partial charge is 0.478 e. The second-order valence-corrected chi connectivity index (χ2v) is 5.39. The highest BCUT2D eigenvalue weighted by molar-refractivity contribution is 6.06. The third kappa shape index (κ3) is 2.73. The van der Waals surface area contributed by atoms with Crippen LogP contribution < -0.4 is 11.2 Å². The molecule has 1 atom stereocenters. The molecule has 1 aromatic carbocycles. The van der Waals surface area contributed by atoms with E-state index in [-0.39, 0.29) is 5.56 Å². The van der Waals surface area contributed by atoms with Crippen LogP contribution in [-0.2, 0) is 11.2 Å². The Morgan fingerprint density at radius 1 is 1.43 bits per heavy atom.